The van der Waals surface area contributed by atoms with E-state index in [9.17, 15) is 18.4 Å². The van der Waals surface area contributed by atoms with Gasteiger partial charge < -0.3 is 20.1 Å². The molecule has 0 aliphatic carbocycles. The van der Waals surface area contributed by atoms with Crippen molar-refractivity contribution in [3.8, 4) is 11.1 Å². The molecule has 0 radical (unpaired) electrons. The number of aromatic amines is 1. The van der Waals surface area contributed by atoms with Gasteiger partial charge in [0.05, 0.1) is 30.5 Å². The molecule has 4 heterocycles. The fourth-order valence-corrected chi connectivity index (χ4v) is 6.50. The van der Waals surface area contributed by atoms with E-state index in [1.165, 1.54) is 27.8 Å². The number of fused-ring (bicyclic) bond motifs is 1. The second-order valence-corrected chi connectivity index (χ2v) is 12.3. The van der Waals surface area contributed by atoms with Crippen LogP contribution in [0.4, 0.5) is 17.6 Å². The van der Waals surface area contributed by atoms with Gasteiger partial charge in [0, 0.05) is 53.8 Å². The highest BCUT2D eigenvalue weighted by Gasteiger charge is 2.44. The van der Waals surface area contributed by atoms with E-state index in [1.807, 2.05) is 6.08 Å². The van der Waals surface area contributed by atoms with E-state index in [1.54, 1.807) is 31.3 Å². The Bertz CT molecular complexity index is 1880. The second kappa shape index (κ2) is 12.5. The summed E-state index contributed by atoms with van der Waals surface area (Å²) in [6.45, 7) is 0.662. The lowest BCUT2D eigenvalue weighted by molar-refractivity contribution is -0.523. The summed E-state index contributed by atoms with van der Waals surface area (Å²) in [4.78, 5) is 31.8. The van der Waals surface area contributed by atoms with Gasteiger partial charge in [0.15, 0.2) is 12.4 Å². The van der Waals surface area contributed by atoms with Gasteiger partial charge in [-0.25, -0.2) is 17.6 Å². The molecular weight excluding hydrogens is 624 g/mol. The Balaban J connectivity index is 1.42. The lowest BCUT2D eigenvalue weighted by atomic mass is 9.85. The van der Waals surface area contributed by atoms with E-state index in [0.29, 0.717) is 37.2 Å². The first-order valence-corrected chi connectivity index (χ1v) is 15.3. The molecule has 240 valence electrons. The molecule has 6 rings (SSSR count). The fourth-order valence-electron chi connectivity index (χ4n) is 6.23. The summed E-state index contributed by atoms with van der Waals surface area (Å²) in [5.74, 6) is -3.68. The minimum atomic E-state index is -3.17. The number of nitrogens with zero attached hydrogens (tertiary/aromatic N) is 4. The largest absolute Gasteiger partial charge is 0.348 e. The number of amides is 2. The van der Waals surface area contributed by atoms with Crippen molar-refractivity contribution in [2.45, 2.75) is 31.1 Å². The average molecular weight is 656 g/mol. The topological polar surface area (TPSA) is 83.8 Å². The zero-order chi connectivity index (χ0) is 32.7. The summed E-state index contributed by atoms with van der Waals surface area (Å²) in [5, 5.41) is 7.00. The molecule has 1 atom stereocenters. The van der Waals surface area contributed by atoms with Crippen LogP contribution in [0.25, 0.3) is 27.6 Å². The van der Waals surface area contributed by atoms with Crippen molar-refractivity contribution >= 4 is 52.0 Å². The Morgan fingerprint density at radius 2 is 1.98 bits per heavy atom. The lowest BCUT2D eigenvalue weighted by Gasteiger charge is -2.32. The van der Waals surface area contributed by atoms with Gasteiger partial charge >= 0.3 is 0 Å². The van der Waals surface area contributed by atoms with E-state index in [2.05, 4.69) is 21.3 Å². The number of aromatic nitrogens is 1. The Labute approximate surface area is 267 Å². The predicted octanol–water partition coefficient (Wildman–Crippen LogP) is 5.42. The summed E-state index contributed by atoms with van der Waals surface area (Å²) in [6.07, 6.45) is 5.76. The van der Waals surface area contributed by atoms with Crippen molar-refractivity contribution in [1.29, 1.82) is 0 Å². The van der Waals surface area contributed by atoms with Gasteiger partial charge in [0.2, 0.25) is 11.8 Å². The first-order chi connectivity index (χ1) is 21.9. The Morgan fingerprint density at radius 1 is 1.17 bits per heavy atom. The van der Waals surface area contributed by atoms with Crippen LogP contribution >= 0.6 is 11.6 Å². The highest BCUT2D eigenvalue weighted by molar-refractivity contribution is 6.34. The molecule has 0 unspecified atom stereocenters. The van der Waals surface area contributed by atoms with Crippen molar-refractivity contribution in [2.75, 3.05) is 46.8 Å². The van der Waals surface area contributed by atoms with Crippen LogP contribution in [-0.2, 0) is 4.79 Å². The molecule has 0 spiro atoms. The summed E-state index contributed by atoms with van der Waals surface area (Å²) < 4.78 is 63.1. The minimum absolute atomic E-state index is 0.00158. The van der Waals surface area contributed by atoms with Crippen LogP contribution in [0.3, 0.4) is 0 Å². The van der Waals surface area contributed by atoms with Gasteiger partial charge in [0.25, 0.3) is 11.8 Å². The molecule has 46 heavy (non-hydrogen) atoms. The zero-order valence-electron chi connectivity index (χ0n) is 25.3. The smallest absolute Gasteiger partial charge is 0.269 e. The summed E-state index contributed by atoms with van der Waals surface area (Å²) in [7, 11) is 3.11. The zero-order valence-corrected chi connectivity index (χ0v) is 26.0. The fraction of sp³-hybridized carbons (Fsp3) is 0.364. The molecule has 3 aromatic rings. The van der Waals surface area contributed by atoms with Crippen LogP contribution in [0.1, 0.15) is 46.8 Å². The van der Waals surface area contributed by atoms with Gasteiger partial charge in [-0.15, -0.1) is 0 Å². The first kappa shape index (κ1) is 31.7. The molecule has 0 saturated carbocycles. The predicted molar refractivity (Wildman–Crippen MR) is 169 cm³/mol. The molecule has 2 amide bonds. The molecule has 3 aliphatic rings. The van der Waals surface area contributed by atoms with Gasteiger partial charge in [0.1, 0.15) is 17.7 Å². The van der Waals surface area contributed by atoms with Crippen LogP contribution in [-0.4, -0.2) is 96.1 Å². The van der Waals surface area contributed by atoms with Crippen molar-refractivity contribution in [3.05, 3.63) is 69.9 Å². The summed E-state index contributed by atoms with van der Waals surface area (Å²) in [5.41, 5.74) is 1.07. The number of carbonyl (C=O) groups is 2. The molecule has 1 fully saturated rings. The molecular formula is C33H32ClF4N6O2+. The van der Waals surface area contributed by atoms with Gasteiger partial charge in [-0.3, -0.25) is 9.59 Å². The number of alkyl halides is 2. The summed E-state index contributed by atoms with van der Waals surface area (Å²) in [6, 6.07) is 5.32. The van der Waals surface area contributed by atoms with E-state index < -0.39 is 35.9 Å². The maximum Gasteiger partial charge on any atom is 0.269 e. The molecule has 8 nitrogen and oxygen atoms in total. The number of benzene rings is 2. The third-order valence-corrected chi connectivity index (χ3v) is 8.93. The quantitative estimate of drug-likeness (QED) is 0.263. The van der Waals surface area contributed by atoms with Gasteiger partial charge in [-0.1, -0.05) is 17.7 Å². The van der Waals surface area contributed by atoms with Gasteiger partial charge in [-0.05, 0) is 65.0 Å². The molecule has 1 aromatic heterocycles. The lowest BCUT2D eigenvalue weighted by Crippen LogP contribution is -2.44. The third kappa shape index (κ3) is 6.00. The summed E-state index contributed by atoms with van der Waals surface area (Å²) >= 11 is 6.70. The number of allylic oxidation sites excluding steroid dienone is 1. The van der Waals surface area contributed by atoms with E-state index in [4.69, 9.17) is 11.6 Å². The number of carbonyl (C=O) groups excluding carboxylic acids is 2. The highest BCUT2D eigenvalue weighted by atomic mass is 35.5. The van der Waals surface area contributed by atoms with Crippen molar-refractivity contribution in [1.82, 2.24) is 20.1 Å². The number of rotatable bonds is 7. The van der Waals surface area contributed by atoms with E-state index in [0.717, 1.165) is 6.07 Å². The van der Waals surface area contributed by atoms with Crippen LogP contribution in [0, 0.1) is 11.6 Å². The maximum atomic E-state index is 16.3. The molecule has 2 N–H and O–H groups in total. The number of nitrogens with one attached hydrogen (secondary N) is 2. The van der Waals surface area contributed by atoms with Crippen molar-refractivity contribution < 1.29 is 31.8 Å². The molecule has 13 heteroatoms. The number of piperidine rings is 1. The third-order valence-electron chi connectivity index (χ3n) is 8.61. The Hall–Kier alpha value is -4.25. The number of halogens is 5. The van der Waals surface area contributed by atoms with Gasteiger partial charge in [-0.2, -0.15) is 0 Å². The van der Waals surface area contributed by atoms with E-state index >= 15 is 8.78 Å². The van der Waals surface area contributed by atoms with Crippen LogP contribution in [0.15, 0.2) is 41.5 Å². The average Bonchev–Trinajstić information content (AvgIpc) is 3.72. The number of hydrazone groups is 1. The Morgan fingerprint density at radius 3 is 2.70 bits per heavy atom. The standard InChI is InChI=1S/C33H31ClF4N6O2/c1-42(2)32(46)28-16-23-21(22-15-27(35)24(14-26(22)34)25-6-9-39-18-33(25,37)38)13-20(30(36)31(23)41-28)19-5-3-10-43(17-19)29(45)7-12-44-11-4-8-40-44/h4-5,8,13-16,25,39H,3,6-7,9-10,12,17-18H2,1-2H3/p+1/t25-/m0/s1. The minimum Gasteiger partial charge on any atom is -0.348 e. The van der Waals surface area contributed by atoms with E-state index in [-0.39, 0.29) is 63.6 Å². The van der Waals surface area contributed by atoms with Crippen molar-refractivity contribution in [2.24, 2.45) is 5.10 Å². The van der Waals surface area contributed by atoms with Crippen molar-refractivity contribution in [3.63, 3.8) is 0 Å². The second-order valence-electron chi connectivity index (χ2n) is 11.9. The number of hydrogen-bond acceptors (Lipinski definition) is 4. The highest BCUT2D eigenvalue weighted by Crippen LogP contribution is 2.44. The normalized spacial score (nSPS) is 19.0. The maximum absolute atomic E-state index is 16.3. The first-order valence-electron chi connectivity index (χ1n) is 15.0. The monoisotopic (exact) mass is 655 g/mol. The van der Waals surface area contributed by atoms with Crippen LogP contribution < -0.4 is 5.32 Å². The van der Waals surface area contributed by atoms with Crippen LogP contribution in [0.2, 0.25) is 5.02 Å². The molecule has 1 saturated heterocycles. The SMILES string of the molecule is CN(C)C(=O)c1cc2c(-c3cc(F)c([C@@H]4CCNCC4(F)F)cc3Cl)cc(C3=CCCN(C(=O)CC[N+]4=C=CC=N4)C3)c(F)c2[nH]1. The number of H-pyrrole nitrogens is 1. The molecule has 2 aromatic carbocycles. The molecule has 3 aliphatic heterocycles. The Kier molecular flexibility index (Phi) is 8.62. The van der Waals surface area contributed by atoms with Crippen LogP contribution in [0.5, 0.6) is 0 Å². The number of hydrogen-bond donors (Lipinski definition) is 2. The molecule has 0 bridgehead atoms.